The summed E-state index contributed by atoms with van der Waals surface area (Å²) in [6.07, 6.45) is 0.777. The van der Waals surface area contributed by atoms with Crippen LogP contribution in [0.15, 0.2) is 42.5 Å². The number of hydrogen-bond donors (Lipinski definition) is 0. The number of carbonyl (C=O) groups is 3. The second-order valence-electron chi connectivity index (χ2n) is 5.05. The zero-order valence-electron chi connectivity index (χ0n) is 11.5. The first-order valence-corrected chi connectivity index (χ1v) is 6.62. The number of rotatable bonds is 3. The van der Waals surface area contributed by atoms with Crippen molar-refractivity contribution in [1.82, 2.24) is 4.90 Å². The van der Waals surface area contributed by atoms with Gasteiger partial charge in [0.2, 0.25) is 0 Å². The van der Waals surface area contributed by atoms with Gasteiger partial charge >= 0.3 is 0 Å². The largest absolute Gasteiger partial charge is 0.298 e. The summed E-state index contributed by atoms with van der Waals surface area (Å²) in [7, 11) is 0. The van der Waals surface area contributed by atoms with Gasteiger partial charge < -0.3 is 0 Å². The fraction of sp³-hybridized carbons (Fsp3) is 0.118. The van der Waals surface area contributed by atoms with Gasteiger partial charge in [0.15, 0.2) is 0 Å². The Morgan fingerprint density at radius 2 is 1.62 bits per heavy atom. The highest BCUT2D eigenvalue weighted by Crippen LogP contribution is 2.25. The van der Waals surface area contributed by atoms with Crippen molar-refractivity contribution in [3.05, 3.63) is 70.3 Å². The number of amides is 2. The van der Waals surface area contributed by atoms with E-state index in [0.717, 1.165) is 17.4 Å². The van der Waals surface area contributed by atoms with Crippen LogP contribution in [0.2, 0.25) is 0 Å². The second kappa shape index (κ2) is 4.98. The van der Waals surface area contributed by atoms with E-state index >= 15 is 0 Å². The Hall–Kier alpha value is -2.75. The first-order valence-electron chi connectivity index (χ1n) is 6.62. The third-order valence-electron chi connectivity index (χ3n) is 3.71. The van der Waals surface area contributed by atoms with Gasteiger partial charge in [-0.05, 0) is 36.2 Å². The van der Waals surface area contributed by atoms with Gasteiger partial charge in [-0.1, -0.05) is 24.3 Å². The topological polar surface area (TPSA) is 54.5 Å². The molecule has 0 aromatic heterocycles. The molecule has 0 aliphatic carbocycles. The minimum Gasteiger partial charge on any atom is -0.298 e. The molecule has 0 radical (unpaired) electrons. The van der Waals surface area contributed by atoms with Crippen LogP contribution >= 0.6 is 0 Å². The van der Waals surface area contributed by atoms with Gasteiger partial charge in [0.1, 0.15) is 6.29 Å². The molecule has 21 heavy (non-hydrogen) atoms. The summed E-state index contributed by atoms with van der Waals surface area (Å²) < 4.78 is 0. The fourth-order valence-electron chi connectivity index (χ4n) is 2.52. The molecule has 0 spiro atoms. The minimum atomic E-state index is -0.269. The van der Waals surface area contributed by atoms with Crippen LogP contribution in [-0.2, 0) is 6.54 Å². The van der Waals surface area contributed by atoms with Crippen molar-refractivity contribution in [1.29, 1.82) is 0 Å². The molecule has 4 nitrogen and oxygen atoms in total. The molecule has 2 amide bonds. The zero-order chi connectivity index (χ0) is 15.0. The molecule has 0 bridgehead atoms. The third kappa shape index (κ3) is 2.14. The number of carbonyl (C=O) groups excluding carboxylic acids is 3. The summed E-state index contributed by atoms with van der Waals surface area (Å²) in [5.74, 6) is -0.538. The van der Waals surface area contributed by atoms with Crippen molar-refractivity contribution in [2.24, 2.45) is 0 Å². The zero-order valence-corrected chi connectivity index (χ0v) is 11.5. The van der Waals surface area contributed by atoms with E-state index in [1.54, 1.807) is 42.5 Å². The van der Waals surface area contributed by atoms with E-state index in [1.165, 1.54) is 4.90 Å². The first-order chi connectivity index (χ1) is 10.1. The van der Waals surface area contributed by atoms with Crippen molar-refractivity contribution in [2.45, 2.75) is 13.5 Å². The molecule has 2 aromatic rings. The Kier molecular flexibility index (Phi) is 3.14. The maximum absolute atomic E-state index is 12.3. The van der Waals surface area contributed by atoms with E-state index in [9.17, 15) is 14.4 Å². The van der Waals surface area contributed by atoms with Crippen molar-refractivity contribution >= 4 is 18.1 Å². The number of aldehydes is 1. The minimum absolute atomic E-state index is 0.220. The van der Waals surface area contributed by atoms with Crippen LogP contribution in [0.5, 0.6) is 0 Å². The average Bonchev–Trinajstić information content (AvgIpc) is 2.74. The maximum atomic E-state index is 12.3. The smallest absolute Gasteiger partial charge is 0.261 e. The second-order valence-corrected chi connectivity index (χ2v) is 5.05. The number of hydrogen-bond acceptors (Lipinski definition) is 3. The Morgan fingerprint density at radius 1 is 1.00 bits per heavy atom. The predicted octanol–water partition coefficient (Wildman–Crippen LogP) is 2.60. The monoisotopic (exact) mass is 279 g/mol. The van der Waals surface area contributed by atoms with Crippen molar-refractivity contribution < 1.29 is 14.4 Å². The van der Waals surface area contributed by atoms with Crippen molar-refractivity contribution in [2.75, 3.05) is 0 Å². The van der Waals surface area contributed by atoms with Gasteiger partial charge in [0.05, 0.1) is 17.7 Å². The highest BCUT2D eigenvalue weighted by Gasteiger charge is 2.35. The van der Waals surface area contributed by atoms with E-state index in [4.69, 9.17) is 0 Å². The van der Waals surface area contributed by atoms with Crippen molar-refractivity contribution in [3.8, 4) is 0 Å². The van der Waals surface area contributed by atoms with Crippen LogP contribution < -0.4 is 0 Å². The third-order valence-corrected chi connectivity index (χ3v) is 3.71. The summed E-state index contributed by atoms with van der Waals surface area (Å²) >= 11 is 0. The number of benzene rings is 2. The molecule has 0 fully saturated rings. The van der Waals surface area contributed by atoms with Crippen LogP contribution in [0.1, 0.15) is 42.2 Å². The Morgan fingerprint density at radius 3 is 2.14 bits per heavy atom. The van der Waals surface area contributed by atoms with E-state index in [0.29, 0.717) is 16.7 Å². The van der Waals surface area contributed by atoms with Crippen LogP contribution in [0.4, 0.5) is 0 Å². The van der Waals surface area contributed by atoms with Gasteiger partial charge in [-0.2, -0.15) is 0 Å². The predicted molar refractivity (Wildman–Crippen MR) is 77.2 cm³/mol. The lowest BCUT2D eigenvalue weighted by Gasteiger charge is -2.15. The highest BCUT2D eigenvalue weighted by molar-refractivity contribution is 6.21. The van der Waals surface area contributed by atoms with E-state index in [2.05, 4.69) is 0 Å². The summed E-state index contributed by atoms with van der Waals surface area (Å²) in [4.78, 5) is 36.6. The first kappa shape index (κ1) is 13.2. The molecule has 0 saturated heterocycles. The summed E-state index contributed by atoms with van der Waals surface area (Å²) in [5, 5.41) is 0. The van der Waals surface area contributed by atoms with E-state index < -0.39 is 0 Å². The van der Waals surface area contributed by atoms with Crippen molar-refractivity contribution in [3.63, 3.8) is 0 Å². The molecule has 2 aromatic carbocycles. The molecule has 104 valence electrons. The quantitative estimate of drug-likeness (QED) is 0.641. The standard InChI is InChI=1S/C17H13NO3/c1-11-8-12(10-19)6-7-13(11)9-18-16(20)14-4-2-3-5-15(14)17(18)21/h2-8,10H,9H2,1H3. The van der Waals surface area contributed by atoms with Gasteiger partial charge in [0, 0.05) is 5.56 Å². The lowest BCUT2D eigenvalue weighted by atomic mass is 10.1. The molecule has 4 heteroatoms. The SMILES string of the molecule is Cc1cc(C=O)ccc1CN1C(=O)c2ccccc2C1=O. The molecular weight excluding hydrogens is 266 g/mol. The Balaban J connectivity index is 1.92. The molecule has 0 atom stereocenters. The molecule has 1 aliphatic rings. The molecule has 0 unspecified atom stereocenters. The van der Waals surface area contributed by atoms with Crippen LogP contribution in [0.25, 0.3) is 0 Å². The number of fused-ring (bicyclic) bond motifs is 1. The lowest BCUT2D eigenvalue weighted by Crippen LogP contribution is -2.29. The van der Waals surface area contributed by atoms with Crippen LogP contribution in [-0.4, -0.2) is 23.0 Å². The average molecular weight is 279 g/mol. The van der Waals surface area contributed by atoms with E-state index in [1.807, 2.05) is 6.92 Å². The molecule has 1 aliphatic heterocycles. The van der Waals surface area contributed by atoms with Crippen LogP contribution in [0.3, 0.4) is 0 Å². The molecule has 1 heterocycles. The molecule has 0 saturated carbocycles. The Bertz CT molecular complexity index is 729. The molecule has 3 rings (SSSR count). The molecular formula is C17H13NO3. The number of aryl methyl sites for hydroxylation is 1. The summed E-state index contributed by atoms with van der Waals surface area (Å²) in [6.45, 7) is 2.08. The number of nitrogens with zero attached hydrogens (tertiary/aromatic N) is 1. The highest BCUT2D eigenvalue weighted by atomic mass is 16.2. The lowest BCUT2D eigenvalue weighted by molar-refractivity contribution is 0.0642. The van der Waals surface area contributed by atoms with Crippen LogP contribution in [0, 0.1) is 6.92 Å². The summed E-state index contributed by atoms with van der Waals surface area (Å²) in [6, 6.07) is 12.0. The van der Waals surface area contributed by atoms with Gasteiger partial charge in [-0.15, -0.1) is 0 Å². The number of imide groups is 1. The fourth-order valence-corrected chi connectivity index (χ4v) is 2.52. The maximum Gasteiger partial charge on any atom is 0.261 e. The van der Waals surface area contributed by atoms with Gasteiger partial charge in [0.25, 0.3) is 11.8 Å². The van der Waals surface area contributed by atoms with Gasteiger partial charge in [-0.3, -0.25) is 19.3 Å². The van der Waals surface area contributed by atoms with Gasteiger partial charge in [-0.25, -0.2) is 0 Å². The normalized spacial score (nSPS) is 13.5. The van der Waals surface area contributed by atoms with E-state index in [-0.39, 0.29) is 18.4 Å². The summed E-state index contributed by atoms with van der Waals surface area (Å²) in [5.41, 5.74) is 3.22. The Labute approximate surface area is 122 Å². The molecule has 0 N–H and O–H groups in total.